The van der Waals surface area contributed by atoms with E-state index in [1.165, 1.54) is 0 Å². The molecule has 0 saturated heterocycles. The third kappa shape index (κ3) is 2.53. The van der Waals surface area contributed by atoms with Crippen molar-refractivity contribution in [2.24, 2.45) is 10.8 Å². The van der Waals surface area contributed by atoms with E-state index >= 15 is 0 Å². The van der Waals surface area contributed by atoms with Crippen LogP contribution in [0.4, 0.5) is 0 Å². The summed E-state index contributed by atoms with van der Waals surface area (Å²) in [6, 6.07) is 0. The second-order valence-corrected chi connectivity index (χ2v) is 4.82. The Morgan fingerprint density at radius 2 is 1.69 bits per heavy atom. The first kappa shape index (κ1) is 12.6. The Bertz CT molecular complexity index is 183. The van der Waals surface area contributed by atoms with Crippen molar-refractivity contribution in [3.05, 3.63) is 0 Å². The highest BCUT2D eigenvalue weighted by Gasteiger charge is 2.41. The zero-order chi connectivity index (χ0) is 10.7. The van der Waals surface area contributed by atoms with Crippen LogP contribution in [0.2, 0.25) is 0 Å². The molecular weight excluding hydrogens is 162 g/mol. The lowest BCUT2D eigenvalue weighted by atomic mass is 9.65. The molecule has 0 aliphatic carbocycles. The largest absolute Gasteiger partial charge is 0.319 e. The Kier molecular flexibility index (Phi) is 4.11. The lowest BCUT2D eigenvalue weighted by Gasteiger charge is -2.40. The molecule has 13 heavy (non-hydrogen) atoms. The van der Waals surface area contributed by atoms with Crippen molar-refractivity contribution in [1.82, 2.24) is 5.32 Å². The minimum Gasteiger partial charge on any atom is -0.319 e. The second kappa shape index (κ2) is 4.23. The van der Waals surface area contributed by atoms with Gasteiger partial charge in [-0.1, -0.05) is 34.6 Å². The van der Waals surface area contributed by atoms with E-state index in [-0.39, 0.29) is 10.8 Å². The molecule has 0 aromatic heterocycles. The van der Waals surface area contributed by atoms with Crippen molar-refractivity contribution in [1.29, 1.82) is 0 Å². The van der Waals surface area contributed by atoms with Crippen molar-refractivity contribution >= 4 is 5.78 Å². The summed E-state index contributed by atoms with van der Waals surface area (Å²) in [7, 11) is 1.92. The van der Waals surface area contributed by atoms with Crippen LogP contribution in [0, 0.1) is 10.8 Å². The van der Waals surface area contributed by atoms with E-state index in [0.717, 1.165) is 6.54 Å². The summed E-state index contributed by atoms with van der Waals surface area (Å²) >= 11 is 0. The van der Waals surface area contributed by atoms with Crippen LogP contribution in [-0.4, -0.2) is 19.4 Å². The third-order valence-electron chi connectivity index (χ3n) is 3.33. The standard InChI is InChI=1S/C11H23NO/c1-7-9(13)11(4,5)10(2,3)8-12-6/h12H,7-8H2,1-6H3. The predicted octanol–water partition coefficient (Wildman–Crippen LogP) is 2.24. The van der Waals surface area contributed by atoms with Crippen molar-refractivity contribution in [2.75, 3.05) is 13.6 Å². The molecule has 2 heteroatoms. The van der Waals surface area contributed by atoms with Gasteiger partial charge in [0, 0.05) is 18.4 Å². The highest BCUT2D eigenvalue weighted by molar-refractivity contribution is 5.84. The van der Waals surface area contributed by atoms with Gasteiger partial charge in [0.2, 0.25) is 0 Å². The molecule has 0 heterocycles. The summed E-state index contributed by atoms with van der Waals surface area (Å²) in [6.45, 7) is 11.1. The number of carbonyl (C=O) groups excluding carboxylic acids is 1. The molecule has 0 aliphatic rings. The lowest BCUT2D eigenvalue weighted by molar-refractivity contribution is -0.132. The van der Waals surface area contributed by atoms with Gasteiger partial charge in [-0.3, -0.25) is 4.79 Å². The van der Waals surface area contributed by atoms with Crippen LogP contribution >= 0.6 is 0 Å². The molecule has 0 atom stereocenters. The van der Waals surface area contributed by atoms with Gasteiger partial charge < -0.3 is 5.32 Å². The first-order chi connectivity index (χ1) is 5.79. The number of nitrogens with one attached hydrogen (secondary N) is 1. The van der Waals surface area contributed by atoms with E-state index in [2.05, 4.69) is 19.2 Å². The molecule has 2 nitrogen and oxygen atoms in total. The van der Waals surface area contributed by atoms with E-state index in [4.69, 9.17) is 0 Å². The first-order valence-corrected chi connectivity index (χ1v) is 4.97. The van der Waals surface area contributed by atoms with Crippen molar-refractivity contribution in [3.8, 4) is 0 Å². The van der Waals surface area contributed by atoms with Gasteiger partial charge in [-0.25, -0.2) is 0 Å². The highest BCUT2D eigenvalue weighted by atomic mass is 16.1. The predicted molar refractivity (Wildman–Crippen MR) is 56.8 cm³/mol. The number of hydrogen-bond acceptors (Lipinski definition) is 2. The van der Waals surface area contributed by atoms with Gasteiger partial charge in [0.05, 0.1) is 0 Å². The molecule has 0 amide bonds. The van der Waals surface area contributed by atoms with Gasteiger partial charge in [-0.2, -0.15) is 0 Å². The average molecular weight is 185 g/mol. The van der Waals surface area contributed by atoms with Crippen LogP contribution in [0.3, 0.4) is 0 Å². The molecule has 0 unspecified atom stereocenters. The van der Waals surface area contributed by atoms with Crippen molar-refractivity contribution < 1.29 is 4.79 Å². The van der Waals surface area contributed by atoms with Gasteiger partial charge in [-0.05, 0) is 12.5 Å². The third-order valence-corrected chi connectivity index (χ3v) is 3.33. The fraction of sp³-hybridized carbons (Fsp3) is 0.909. The number of rotatable bonds is 5. The smallest absolute Gasteiger partial charge is 0.138 e. The van der Waals surface area contributed by atoms with Crippen molar-refractivity contribution in [2.45, 2.75) is 41.0 Å². The van der Waals surface area contributed by atoms with Crippen LogP contribution in [0.1, 0.15) is 41.0 Å². The molecule has 0 saturated carbocycles. The van der Waals surface area contributed by atoms with Crippen LogP contribution in [-0.2, 0) is 4.79 Å². The molecule has 0 aromatic rings. The van der Waals surface area contributed by atoms with Crippen LogP contribution < -0.4 is 5.32 Å². The quantitative estimate of drug-likeness (QED) is 0.711. The van der Waals surface area contributed by atoms with Gasteiger partial charge >= 0.3 is 0 Å². The summed E-state index contributed by atoms with van der Waals surface area (Å²) in [5.41, 5.74) is -0.237. The Hall–Kier alpha value is -0.370. The molecule has 0 bridgehead atoms. The first-order valence-electron chi connectivity index (χ1n) is 4.97. The van der Waals surface area contributed by atoms with Gasteiger partial charge in [0.15, 0.2) is 0 Å². The number of ketones is 1. The summed E-state index contributed by atoms with van der Waals surface area (Å²) in [5.74, 6) is 0.341. The number of Topliss-reactive ketones (excluding diaryl/α,β-unsaturated/α-hetero) is 1. The van der Waals surface area contributed by atoms with E-state index in [1.54, 1.807) is 0 Å². The molecule has 0 rings (SSSR count). The highest BCUT2D eigenvalue weighted by Crippen LogP contribution is 2.39. The molecule has 0 aromatic carbocycles. The fourth-order valence-electron chi connectivity index (χ4n) is 1.48. The van der Waals surface area contributed by atoms with E-state index in [9.17, 15) is 4.79 Å². The summed E-state index contributed by atoms with van der Waals surface area (Å²) in [5, 5.41) is 3.14. The maximum absolute atomic E-state index is 11.7. The topological polar surface area (TPSA) is 29.1 Å². The molecule has 0 aliphatic heterocycles. The Labute approximate surface area is 82.1 Å². The van der Waals surface area contributed by atoms with Gasteiger partial charge in [0.1, 0.15) is 5.78 Å². The summed E-state index contributed by atoms with van der Waals surface area (Å²) in [4.78, 5) is 11.7. The van der Waals surface area contributed by atoms with Crippen molar-refractivity contribution in [3.63, 3.8) is 0 Å². The van der Waals surface area contributed by atoms with Crippen LogP contribution in [0.5, 0.6) is 0 Å². The summed E-state index contributed by atoms with van der Waals surface area (Å²) < 4.78 is 0. The van der Waals surface area contributed by atoms with E-state index < -0.39 is 0 Å². The molecule has 0 spiro atoms. The maximum Gasteiger partial charge on any atom is 0.138 e. The molecule has 0 fully saturated rings. The monoisotopic (exact) mass is 185 g/mol. The zero-order valence-electron chi connectivity index (χ0n) is 9.82. The normalized spacial score (nSPS) is 13.1. The van der Waals surface area contributed by atoms with Crippen LogP contribution in [0.15, 0.2) is 0 Å². The van der Waals surface area contributed by atoms with Crippen LogP contribution in [0.25, 0.3) is 0 Å². The molecular formula is C11H23NO. The average Bonchev–Trinajstić information content (AvgIpc) is 2.02. The summed E-state index contributed by atoms with van der Waals surface area (Å²) in [6.07, 6.45) is 0.625. The maximum atomic E-state index is 11.7. The van der Waals surface area contributed by atoms with Gasteiger partial charge in [-0.15, -0.1) is 0 Å². The number of hydrogen-bond donors (Lipinski definition) is 1. The lowest BCUT2D eigenvalue weighted by Crippen LogP contribution is -2.45. The van der Waals surface area contributed by atoms with E-state index in [1.807, 2.05) is 27.8 Å². The fourth-order valence-corrected chi connectivity index (χ4v) is 1.48. The second-order valence-electron chi connectivity index (χ2n) is 4.82. The van der Waals surface area contributed by atoms with E-state index in [0.29, 0.717) is 12.2 Å². The molecule has 78 valence electrons. The molecule has 1 N–H and O–H groups in total. The zero-order valence-corrected chi connectivity index (χ0v) is 9.82. The SMILES string of the molecule is CCC(=O)C(C)(C)C(C)(C)CNC. The number of carbonyl (C=O) groups is 1. The Balaban J connectivity index is 4.69. The minimum atomic E-state index is -0.245. The molecule has 0 radical (unpaired) electrons. The minimum absolute atomic E-state index is 0.00877. The Morgan fingerprint density at radius 1 is 1.23 bits per heavy atom. The Morgan fingerprint density at radius 3 is 2.00 bits per heavy atom. The van der Waals surface area contributed by atoms with Gasteiger partial charge in [0.25, 0.3) is 0 Å².